The zero-order valence-corrected chi connectivity index (χ0v) is 11.4. The highest BCUT2D eigenvalue weighted by Crippen LogP contribution is 2.27. The predicted octanol–water partition coefficient (Wildman–Crippen LogP) is 1.98. The van der Waals surface area contributed by atoms with Crippen LogP contribution in [0, 0.1) is 12.7 Å². The Balaban J connectivity index is 2.49. The van der Waals surface area contributed by atoms with Crippen molar-refractivity contribution in [3.63, 3.8) is 0 Å². The monoisotopic (exact) mass is 262 g/mol. The Kier molecular flexibility index (Phi) is 3.97. The molecule has 1 unspecified atom stereocenters. The molecule has 102 valence electrons. The number of nitrogens with zero attached hydrogens (tertiary/aromatic N) is 2. The van der Waals surface area contributed by atoms with Gasteiger partial charge in [0.05, 0.1) is 11.7 Å². The van der Waals surface area contributed by atoms with Gasteiger partial charge in [-0.2, -0.15) is 5.10 Å². The van der Waals surface area contributed by atoms with Crippen molar-refractivity contribution >= 4 is 0 Å². The van der Waals surface area contributed by atoms with Crippen LogP contribution in [0.2, 0.25) is 0 Å². The molecule has 0 fully saturated rings. The number of nitrogens with one attached hydrogen (secondary N) is 1. The molecule has 1 heterocycles. The standard InChI is InChI=1S/C14H19FN4/c1-4-13-12(8-19(3)18-13)14(17-16)11-6-5-10(15)7-9(11)2/h5-8,14,17H,4,16H2,1-3H3. The third kappa shape index (κ3) is 2.67. The molecule has 0 radical (unpaired) electrons. The van der Waals surface area contributed by atoms with Gasteiger partial charge >= 0.3 is 0 Å². The van der Waals surface area contributed by atoms with Gasteiger partial charge in [-0.15, -0.1) is 0 Å². The quantitative estimate of drug-likeness (QED) is 0.654. The van der Waals surface area contributed by atoms with Crippen molar-refractivity contribution < 1.29 is 4.39 Å². The van der Waals surface area contributed by atoms with Gasteiger partial charge in [0.2, 0.25) is 0 Å². The molecular weight excluding hydrogens is 243 g/mol. The number of hydrazine groups is 1. The Morgan fingerprint density at radius 2 is 2.16 bits per heavy atom. The van der Waals surface area contributed by atoms with Crippen LogP contribution in [0.25, 0.3) is 0 Å². The van der Waals surface area contributed by atoms with Crippen LogP contribution >= 0.6 is 0 Å². The summed E-state index contributed by atoms with van der Waals surface area (Å²) in [6.07, 6.45) is 2.78. The molecule has 0 bridgehead atoms. The molecule has 0 aliphatic carbocycles. The second-order valence-electron chi connectivity index (χ2n) is 4.66. The topological polar surface area (TPSA) is 55.9 Å². The lowest BCUT2D eigenvalue weighted by Crippen LogP contribution is -2.29. The molecule has 2 aromatic rings. The fourth-order valence-corrected chi connectivity index (χ4v) is 2.38. The third-order valence-corrected chi connectivity index (χ3v) is 3.29. The van der Waals surface area contributed by atoms with E-state index in [4.69, 9.17) is 5.84 Å². The van der Waals surface area contributed by atoms with Gasteiger partial charge in [-0.25, -0.2) is 9.82 Å². The van der Waals surface area contributed by atoms with Crippen molar-refractivity contribution in [1.82, 2.24) is 15.2 Å². The SMILES string of the molecule is CCc1nn(C)cc1C(NN)c1ccc(F)cc1C. The highest BCUT2D eigenvalue weighted by Gasteiger charge is 2.20. The number of benzene rings is 1. The smallest absolute Gasteiger partial charge is 0.123 e. The van der Waals surface area contributed by atoms with Crippen molar-refractivity contribution in [2.24, 2.45) is 12.9 Å². The van der Waals surface area contributed by atoms with Crippen LogP contribution in [0.15, 0.2) is 24.4 Å². The average molecular weight is 262 g/mol. The van der Waals surface area contributed by atoms with Gasteiger partial charge in [0.25, 0.3) is 0 Å². The van der Waals surface area contributed by atoms with E-state index in [0.29, 0.717) is 0 Å². The minimum atomic E-state index is -0.237. The third-order valence-electron chi connectivity index (χ3n) is 3.29. The normalized spacial score (nSPS) is 12.7. The van der Waals surface area contributed by atoms with Gasteiger partial charge in [0, 0.05) is 18.8 Å². The van der Waals surface area contributed by atoms with E-state index in [2.05, 4.69) is 17.4 Å². The summed E-state index contributed by atoms with van der Waals surface area (Å²) >= 11 is 0. The number of halogens is 1. The molecule has 0 spiro atoms. The molecular formula is C14H19FN4. The first-order chi connectivity index (χ1) is 9.06. The van der Waals surface area contributed by atoms with E-state index in [9.17, 15) is 4.39 Å². The maximum atomic E-state index is 13.2. The van der Waals surface area contributed by atoms with Crippen molar-refractivity contribution in [3.8, 4) is 0 Å². The largest absolute Gasteiger partial charge is 0.275 e. The van der Waals surface area contributed by atoms with E-state index >= 15 is 0 Å². The van der Waals surface area contributed by atoms with E-state index in [1.54, 1.807) is 10.7 Å². The lowest BCUT2D eigenvalue weighted by molar-refractivity contribution is 0.609. The predicted molar refractivity (Wildman–Crippen MR) is 72.9 cm³/mol. The second-order valence-corrected chi connectivity index (χ2v) is 4.66. The molecule has 0 aliphatic rings. The summed E-state index contributed by atoms with van der Waals surface area (Å²) in [5, 5.41) is 4.42. The average Bonchev–Trinajstić information content (AvgIpc) is 2.74. The first-order valence-corrected chi connectivity index (χ1v) is 6.31. The molecule has 5 heteroatoms. The molecule has 19 heavy (non-hydrogen) atoms. The number of rotatable bonds is 4. The Morgan fingerprint density at radius 3 is 2.74 bits per heavy atom. The summed E-state index contributed by atoms with van der Waals surface area (Å²) in [6, 6.07) is 4.56. The van der Waals surface area contributed by atoms with E-state index in [-0.39, 0.29) is 11.9 Å². The molecule has 1 atom stereocenters. The summed E-state index contributed by atoms with van der Waals surface area (Å²) in [6.45, 7) is 3.93. The number of aromatic nitrogens is 2. The number of aryl methyl sites for hydroxylation is 3. The van der Waals surface area contributed by atoms with Crippen LogP contribution < -0.4 is 11.3 Å². The van der Waals surface area contributed by atoms with Crippen molar-refractivity contribution in [2.75, 3.05) is 0 Å². The Morgan fingerprint density at radius 1 is 1.42 bits per heavy atom. The van der Waals surface area contributed by atoms with Crippen LogP contribution in [-0.4, -0.2) is 9.78 Å². The van der Waals surface area contributed by atoms with Crippen LogP contribution in [0.5, 0.6) is 0 Å². The minimum Gasteiger partial charge on any atom is -0.275 e. The van der Waals surface area contributed by atoms with Crippen molar-refractivity contribution in [3.05, 3.63) is 52.6 Å². The fraction of sp³-hybridized carbons (Fsp3) is 0.357. The van der Waals surface area contributed by atoms with Crippen LogP contribution in [-0.2, 0) is 13.5 Å². The molecule has 0 saturated carbocycles. The van der Waals surface area contributed by atoms with Crippen LogP contribution in [0.3, 0.4) is 0 Å². The molecule has 0 saturated heterocycles. The maximum Gasteiger partial charge on any atom is 0.123 e. The summed E-state index contributed by atoms with van der Waals surface area (Å²) in [4.78, 5) is 0. The Hall–Kier alpha value is -1.72. The molecule has 3 N–H and O–H groups in total. The van der Waals surface area contributed by atoms with Crippen LogP contribution in [0.1, 0.15) is 35.3 Å². The minimum absolute atomic E-state index is 0.177. The Bertz CT molecular complexity index is 577. The zero-order chi connectivity index (χ0) is 14.0. The van der Waals surface area contributed by atoms with Gasteiger partial charge in [0.15, 0.2) is 0 Å². The Labute approximate surface area is 112 Å². The lowest BCUT2D eigenvalue weighted by Gasteiger charge is -2.18. The highest BCUT2D eigenvalue weighted by molar-refractivity contribution is 5.38. The molecule has 0 amide bonds. The fourth-order valence-electron chi connectivity index (χ4n) is 2.38. The number of nitrogens with two attached hydrogens (primary N) is 1. The summed E-state index contributed by atoms with van der Waals surface area (Å²) < 4.78 is 15.0. The van der Waals surface area contributed by atoms with Crippen LogP contribution in [0.4, 0.5) is 4.39 Å². The summed E-state index contributed by atoms with van der Waals surface area (Å²) in [5.74, 6) is 5.46. The summed E-state index contributed by atoms with van der Waals surface area (Å²) in [7, 11) is 1.88. The zero-order valence-electron chi connectivity index (χ0n) is 11.4. The molecule has 1 aromatic carbocycles. The van der Waals surface area contributed by atoms with E-state index in [1.165, 1.54) is 12.1 Å². The summed E-state index contributed by atoms with van der Waals surface area (Å²) in [5.41, 5.74) is 6.67. The molecule has 0 aliphatic heterocycles. The van der Waals surface area contributed by atoms with Gasteiger partial charge in [0.1, 0.15) is 5.82 Å². The van der Waals surface area contributed by atoms with Gasteiger partial charge in [-0.05, 0) is 36.6 Å². The first-order valence-electron chi connectivity index (χ1n) is 6.31. The van der Waals surface area contributed by atoms with Crippen molar-refractivity contribution in [1.29, 1.82) is 0 Å². The first kappa shape index (κ1) is 13.7. The maximum absolute atomic E-state index is 13.2. The number of hydrogen-bond donors (Lipinski definition) is 2. The van der Waals surface area contributed by atoms with Gasteiger partial charge in [-0.1, -0.05) is 13.0 Å². The lowest BCUT2D eigenvalue weighted by atomic mass is 9.95. The highest BCUT2D eigenvalue weighted by atomic mass is 19.1. The van der Waals surface area contributed by atoms with Crippen molar-refractivity contribution in [2.45, 2.75) is 26.3 Å². The second kappa shape index (κ2) is 5.50. The van der Waals surface area contributed by atoms with Gasteiger partial charge < -0.3 is 0 Å². The molecule has 1 aromatic heterocycles. The number of hydrogen-bond acceptors (Lipinski definition) is 3. The van der Waals surface area contributed by atoms with E-state index in [0.717, 1.165) is 28.8 Å². The molecule has 2 rings (SSSR count). The van der Waals surface area contributed by atoms with Gasteiger partial charge in [-0.3, -0.25) is 10.5 Å². The van der Waals surface area contributed by atoms with E-state index < -0.39 is 0 Å². The molecule has 4 nitrogen and oxygen atoms in total. The van der Waals surface area contributed by atoms with E-state index in [1.807, 2.05) is 20.2 Å².